The highest BCUT2D eigenvalue weighted by Gasteiger charge is 2.33. The van der Waals surface area contributed by atoms with Crippen LogP contribution in [0.25, 0.3) is 0 Å². The number of morpholine rings is 1. The van der Waals surface area contributed by atoms with Gasteiger partial charge >= 0.3 is 0 Å². The first-order valence-corrected chi connectivity index (χ1v) is 13.8. The fourth-order valence-corrected chi connectivity index (χ4v) is 4.12. The van der Waals surface area contributed by atoms with Gasteiger partial charge in [0.15, 0.2) is 0 Å². The Labute approximate surface area is 227 Å². The lowest BCUT2D eigenvalue weighted by Gasteiger charge is -2.29. The number of nitrogens with one attached hydrogen (secondary N) is 4. The van der Waals surface area contributed by atoms with Crippen LogP contribution in [0, 0.1) is 17.8 Å². The average Bonchev–Trinajstić information content (AvgIpc) is 2.86. The van der Waals surface area contributed by atoms with E-state index in [9.17, 15) is 24.0 Å². The molecule has 0 aromatic heterocycles. The van der Waals surface area contributed by atoms with Crippen LogP contribution in [-0.2, 0) is 28.7 Å². The molecule has 0 aromatic rings. The summed E-state index contributed by atoms with van der Waals surface area (Å²) in [4.78, 5) is 65.2. The lowest BCUT2D eigenvalue weighted by atomic mass is 9.98. The number of ether oxygens (including phenoxy) is 1. The van der Waals surface area contributed by atoms with Crippen molar-refractivity contribution in [3.8, 4) is 0 Å². The smallest absolute Gasteiger partial charge is 0.243 e. The quantitative estimate of drug-likeness (QED) is 0.210. The minimum absolute atomic E-state index is 0.104. The van der Waals surface area contributed by atoms with Crippen molar-refractivity contribution in [1.82, 2.24) is 26.2 Å². The average molecular weight is 540 g/mol. The summed E-state index contributed by atoms with van der Waals surface area (Å²) >= 11 is 0. The topological polar surface area (TPSA) is 146 Å². The second-order valence-corrected chi connectivity index (χ2v) is 11.1. The Kier molecular flexibility index (Phi) is 15.1. The minimum atomic E-state index is -0.912. The van der Waals surface area contributed by atoms with Gasteiger partial charge in [0.05, 0.1) is 19.3 Å². The van der Waals surface area contributed by atoms with E-state index in [2.05, 4.69) is 26.2 Å². The van der Waals surface area contributed by atoms with Gasteiger partial charge in [-0.3, -0.25) is 24.1 Å². The second-order valence-electron chi connectivity index (χ2n) is 11.1. The first-order chi connectivity index (χ1) is 17.9. The maximum absolute atomic E-state index is 13.3. The maximum Gasteiger partial charge on any atom is 0.243 e. The van der Waals surface area contributed by atoms with Crippen LogP contribution in [0.4, 0.5) is 0 Å². The fraction of sp³-hybridized carbons (Fsp3) is 0.815. The molecule has 0 aliphatic carbocycles. The largest absolute Gasteiger partial charge is 0.379 e. The van der Waals surface area contributed by atoms with Crippen LogP contribution in [0.1, 0.15) is 67.7 Å². The van der Waals surface area contributed by atoms with Gasteiger partial charge in [-0.2, -0.15) is 0 Å². The Hall–Kier alpha value is -2.53. The van der Waals surface area contributed by atoms with Gasteiger partial charge in [0.25, 0.3) is 0 Å². The molecule has 1 saturated heterocycles. The van der Waals surface area contributed by atoms with Crippen LogP contribution in [0.5, 0.6) is 0 Å². The van der Waals surface area contributed by atoms with E-state index >= 15 is 0 Å². The third-order valence-corrected chi connectivity index (χ3v) is 6.54. The molecule has 0 radical (unpaired) electrons. The normalized spacial score (nSPS) is 17.4. The number of aldehydes is 1. The number of hydrogen-bond acceptors (Lipinski definition) is 7. The van der Waals surface area contributed by atoms with Crippen molar-refractivity contribution in [3.05, 3.63) is 0 Å². The standard InChI is InChI=1S/C27H49N5O6/c1-8-20(16-33)28-25(35)21(15-17(2)3)29-26(36)24(19(6)7)31-27(37)23(18(4)5)30-22(34)9-10-32-11-13-38-14-12-32/h16-21,23-24H,8-15H2,1-7H3,(H,28,35)(H,29,36)(H,30,34)(H,31,37)/t20-,21-,23-,24-/m0/s1. The zero-order valence-corrected chi connectivity index (χ0v) is 24.2. The van der Waals surface area contributed by atoms with E-state index in [0.29, 0.717) is 38.9 Å². The molecule has 0 unspecified atom stereocenters. The van der Waals surface area contributed by atoms with Crippen molar-refractivity contribution < 1.29 is 28.7 Å². The zero-order chi connectivity index (χ0) is 28.8. The second kappa shape index (κ2) is 17.1. The highest BCUT2D eigenvalue weighted by atomic mass is 16.5. The van der Waals surface area contributed by atoms with Crippen molar-refractivity contribution in [3.63, 3.8) is 0 Å². The van der Waals surface area contributed by atoms with E-state index in [1.54, 1.807) is 20.8 Å². The molecule has 11 nitrogen and oxygen atoms in total. The van der Waals surface area contributed by atoms with Gasteiger partial charge in [-0.15, -0.1) is 0 Å². The number of amides is 4. The van der Waals surface area contributed by atoms with Gasteiger partial charge in [0, 0.05) is 26.1 Å². The Morgan fingerprint density at radius 3 is 1.87 bits per heavy atom. The monoisotopic (exact) mass is 539 g/mol. The van der Waals surface area contributed by atoms with E-state index in [0.717, 1.165) is 13.1 Å². The highest BCUT2D eigenvalue weighted by Crippen LogP contribution is 2.10. The fourth-order valence-electron chi connectivity index (χ4n) is 4.12. The van der Waals surface area contributed by atoms with Gasteiger partial charge in [-0.1, -0.05) is 48.5 Å². The molecule has 4 amide bonds. The van der Waals surface area contributed by atoms with Crippen LogP contribution in [-0.4, -0.2) is 91.8 Å². The molecule has 1 rings (SSSR count). The Bertz CT molecular complexity index is 782. The Balaban J connectivity index is 2.85. The van der Waals surface area contributed by atoms with Crippen LogP contribution in [0.2, 0.25) is 0 Å². The molecule has 0 aromatic carbocycles. The Morgan fingerprint density at radius 1 is 0.816 bits per heavy atom. The van der Waals surface area contributed by atoms with E-state index in [-0.39, 0.29) is 30.1 Å². The molecule has 1 heterocycles. The Morgan fingerprint density at radius 2 is 1.37 bits per heavy atom. The number of carbonyl (C=O) groups is 5. The summed E-state index contributed by atoms with van der Waals surface area (Å²) in [5, 5.41) is 11.0. The molecule has 0 spiro atoms. The number of rotatable bonds is 16. The summed E-state index contributed by atoms with van der Waals surface area (Å²) in [6, 6.07) is -3.21. The molecular weight excluding hydrogens is 490 g/mol. The predicted octanol–water partition coefficient (Wildman–Crippen LogP) is 0.615. The third-order valence-electron chi connectivity index (χ3n) is 6.54. The van der Waals surface area contributed by atoms with E-state index in [4.69, 9.17) is 4.74 Å². The van der Waals surface area contributed by atoms with Crippen molar-refractivity contribution in [2.45, 2.75) is 91.9 Å². The lowest BCUT2D eigenvalue weighted by molar-refractivity contribution is -0.135. The minimum Gasteiger partial charge on any atom is -0.379 e. The summed E-state index contributed by atoms with van der Waals surface area (Å²) in [7, 11) is 0. The first-order valence-electron chi connectivity index (χ1n) is 13.8. The van der Waals surface area contributed by atoms with E-state index < -0.39 is 41.9 Å². The molecule has 0 bridgehead atoms. The van der Waals surface area contributed by atoms with Gasteiger partial charge in [0.1, 0.15) is 24.4 Å². The summed E-state index contributed by atoms with van der Waals surface area (Å²) in [5.41, 5.74) is 0. The molecule has 0 saturated carbocycles. The highest BCUT2D eigenvalue weighted by molar-refractivity contribution is 5.94. The van der Waals surface area contributed by atoms with Gasteiger partial charge in [0.2, 0.25) is 23.6 Å². The summed E-state index contributed by atoms with van der Waals surface area (Å²) in [6.45, 7) is 16.3. The van der Waals surface area contributed by atoms with E-state index in [1.165, 1.54) is 0 Å². The summed E-state index contributed by atoms with van der Waals surface area (Å²) in [5.74, 6) is -1.98. The maximum atomic E-state index is 13.3. The first kappa shape index (κ1) is 33.5. The van der Waals surface area contributed by atoms with Crippen molar-refractivity contribution >= 4 is 29.9 Å². The SMILES string of the molecule is CC[C@@H](C=O)NC(=O)[C@H](CC(C)C)NC(=O)[C@@H](NC(=O)[C@@H](NC(=O)CCN1CCOCC1)C(C)C)C(C)C. The molecule has 218 valence electrons. The van der Waals surface area contributed by atoms with Crippen molar-refractivity contribution in [1.29, 1.82) is 0 Å². The predicted molar refractivity (Wildman–Crippen MR) is 145 cm³/mol. The molecule has 4 N–H and O–H groups in total. The summed E-state index contributed by atoms with van der Waals surface area (Å²) < 4.78 is 5.33. The zero-order valence-electron chi connectivity index (χ0n) is 24.2. The molecule has 1 aliphatic heterocycles. The molecule has 11 heteroatoms. The van der Waals surface area contributed by atoms with E-state index in [1.807, 2.05) is 27.7 Å². The van der Waals surface area contributed by atoms with Crippen LogP contribution in [0.15, 0.2) is 0 Å². The molecule has 1 fully saturated rings. The van der Waals surface area contributed by atoms with Crippen LogP contribution < -0.4 is 21.3 Å². The van der Waals surface area contributed by atoms with Gasteiger partial charge < -0.3 is 30.8 Å². The molecule has 38 heavy (non-hydrogen) atoms. The molecule has 1 aliphatic rings. The van der Waals surface area contributed by atoms with Gasteiger partial charge in [-0.05, 0) is 30.6 Å². The third kappa shape index (κ3) is 11.9. The molecule has 4 atom stereocenters. The number of hydrogen-bond donors (Lipinski definition) is 4. The van der Waals surface area contributed by atoms with Crippen LogP contribution in [0.3, 0.4) is 0 Å². The van der Waals surface area contributed by atoms with Crippen molar-refractivity contribution in [2.24, 2.45) is 17.8 Å². The van der Waals surface area contributed by atoms with Crippen LogP contribution >= 0.6 is 0 Å². The van der Waals surface area contributed by atoms with Crippen molar-refractivity contribution in [2.75, 3.05) is 32.8 Å². The number of carbonyl (C=O) groups excluding carboxylic acids is 5. The lowest BCUT2D eigenvalue weighted by Crippen LogP contribution is -2.59. The molecular formula is C27H49N5O6. The van der Waals surface area contributed by atoms with Gasteiger partial charge in [-0.25, -0.2) is 0 Å². The number of nitrogens with zero attached hydrogens (tertiary/aromatic N) is 1. The summed E-state index contributed by atoms with van der Waals surface area (Å²) in [6.07, 6.45) is 1.75.